The molecule has 0 aliphatic carbocycles. The molecule has 0 aliphatic heterocycles. The highest BCUT2D eigenvalue weighted by molar-refractivity contribution is 5.74. The van der Waals surface area contributed by atoms with Gasteiger partial charge in [0.1, 0.15) is 5.75 Å². The number of hydrogen-bond acceptors (Lipinski definition) is 3. The van der Waals surface area contributed by atoms with Gasteiger partial charge in [0.05, 0.1) is 12.1 Å². The summed E-state index contributed by atoms with van der Waals surface area (Å²) in [4.78, 5) is 15.6. The maximum Gasteiger partial charge on any atom is 0.317 e. The summed E-state index contributed by atoms with van der Waals surface area (Å²) >= 11 is 0. The highest BCUT2D eigenvalue weighted by Gasteiger charge is 2.24. The van der Waals surface area contributed by atoms with E-state index in [9.17, 15) is 13.6 Å². The third kappa shape index (κ3) is 3.85. The van der Waals surface area contributed by atoms with Crippen LogP contribution in [0.15, 0.2) is 48.7 Å². The SMILES string of the molecule is CC(F)(F)c1ccnc(CC(=O)Oc2ccccc2)c1. The highest BCUT2D eigenvalue weighted by atomic mass is 19.3. The first-order chi connectivity index (χ1) is 9.45. The van der Waals surface area contributed by atoms with Crippen LogP contribution in [0.25, 0.3) is 0 Å². The minimum Gasteiger partial charge on any atom is -0.426 e. The van der Waals surface area contributed by atoms with Crippen molar-refractivity contribution in [2.75, 3.05) is 0 Å². The van der Waals surface area contributed by atoms with E-state index in [4.69, 9.17) is 4.74 Å². The summed E-state index contributed by atoms with van der Waals surface area (Å²) in [6.07, 6.45) is 1.11. The number of nitrogens with zero attached hydrogens (tertiary/aromatic N) is 1. The Kier molecular flexibility index (Phi) is 4.08. The minimum absolute atomic E-state index is 0.154. The normalized spacial score (nSPS) is 11.2. The Bertz CT molecular complexity index is 594. The molecular formula is C15H13F2NO2. The van der Waals surface area contributed by atoms with Gasteiger partial charge in [0.2, 0.25) is 0 Å². The summed E-state index contributed by atoms with van der Waals surface area (Å²) in [7, 11) is 0. The average Bonchev–Trinajstić information content (AvgIpc) is 2.39. The van der Waals surface area contributed by atoms with E-state index >= 15 is 0 Å². The fraction of sp³-hybridized carbons (Fsp3) is 0.200. The van der Waals surface area contributed by atoms with Crippen LogP contribution in [0.1, 0.15) is 18.2 Å². The Morgan fingerprint density at radius 2 is 1.95 bits per heavy atom. The molecule has 0 spiro atoms. The van der Waals surface area contributed by atoms with Crippen LogP contribution in [-0.4, -0.2) is 11.0 Å². The maximum atomic E-state index is 13.2. The molecular weight excluding hydrogens is 264 g/mol. The van der Waals surface area contributed by atoms with Crippen LogP contribution in [0.3, 0.4) is 0 Å². The Morgan fingerprint density at radius 1 is 1.25 bits per heavy atom. The van der Waals surface area contributed by atoms with E-state index in [0.717, 1.165) is 6.92 Å². The lowest BCUT2D eigenvalue weighted by molar-refractivity contribution is -0.133. The minimum atomic E-state index is -2.96. The van der Waals surface area contributed by atoms with Crippen molar-refractivity contribution in [1.29, 1.82) is 0 Å². The molecule has 0 unspecified atom stereocenters. The molecule has 1 aromatic carbocycles. The number of carbonyl (C=O) groups excluding carboxylic acids is 1. The van der Waals surface area contributed by atoms with Gasteiger partial charge in [-0.2, -0.15) is 0 Å². The third-order valence-electron chi connectivity index (χ3n) is 2.62. The lowest BCUT2D eigenvalue weighted by Gasteiger charge is -2.11. The molecule has 1 heterocycles. The van der Waals surface area contributed by atoms with Crippen LogP contribution in [0.4, 0.5) is 8.78 Å². The number of ether oxygens (including phenoxy) is 1. The lowest BCUT2D eigenvalue weighted by Crippen LogP contribution is -2.14. The number of aromatic nitrogens is 1. The van der Waals surface area contributed by atoms with Crippen LogP contribution >= 0.6 is 0 Å². The first-order valence-corrected chi connectivity index (χ1v) is 6.04. The second-order valence-electron chi connectivity index (χ2n) is 4.39. The van der Waals surface area contributed by atoms with Gasteiger partial charge in [-0.1, -0.05) is 18.2 Å². The van der Waals surface area contributed by atoms with Crippen LogP contribution in [0, 0.1) is 0 Å². The molecule has 0 fully saturated rings. The molecule has 0 atom stereocenters. The van der Waals surface area contributed by atoms with E-state index in [1.807, 2.05) is 0 Å². The molecule has 2 rings (SSSR count). The molecule has 5 heteroatoms. The number of halogens is 2. The van der Waals surface area contributed by atoms with E-state index in [1.165, 1.54) is 18.3 Å². The van der Waals surface area contributed by atoms with Crippen LogP contribution in [0.5, 0.6) is 5.75 Å². The van der Waals surface area contributed by atoms with Crippen molar-refractivity contribution in [3.05, 3.63) is 59.9 Å². The van der Waals surface area contributed by atoms with E-state index in [1.54, 1.807) is 30.3 Å². The van der Waals surface area contributed by atoms with Gasteiger partial charge in [-0.05, 0) is 24.3 Å². The second kappa shape index (κ2) is 5.77. The molecule has 0 saturated heterocycles. The third-order valence-corrected chi connectivity index (χ3v) is 2.62. The number of para-hydroxylation sites is 1. The van der Waals surface area contributed by atoms with Gasteiger partial charge in [-0.3, -0.25) is 9.78 Å². The van der Waals surface area contributed by atoms with Gasteiger partial charge in [0, 0.05) is 18.7 Å². The van der Waals surface area contributed by atoms with E-state index in [-0.39, 0.29) is 17.7 Å². The quantitative estimate of drug-likeness (QED) is 0.635. The predicted octanol–water partition coefficient (Wildman–Crippen LogP) is 3.34. The monoisotopic (exact) mass is 277 g/mol. The van der Waals surface area contributed by atoms with Gasteiger partial charge in [0.25, 0.3) is 5.92 Å². The molecule has 0 N–H and O–H groups in total. The Labute approximate surface area is 115 Å². The van der Waals surface area contributed by atoms with E-state index in [0.29, 0.717) is 5.75 Å². The van der Waals surface area contributed by atoms with Crippen LogP contribution < -0.4 is 4.74 Å². The first kappa shape index (κ1) is 14.1. The van der Waals surface area contributed by atoms with E-state index in [2.05, 4.69) is 4.98 Å². The Balaban J connectivity index is 2.05. The average molecular weight is 277 g/mol. The smallest absolute Gasteiger partial charge is 0.317 e. The summed E-state index contributed by atoms with van der Waals surface area (Å²) in [6, 6.07) is 11.0. The van der Waals surface area contributed by atoms with E-state index < -0.39 is 11.9 Å². The number of rotatable bonds is 4. The van der Waals surface area contributed by atoms with Crippen molar-refractivity contribution in [3.63, 3.8) is 0 Å². The maximum absolute atomic E-state index is 13.2. The van der Waals surface area contributed by atoms with Crippen molar-refractivity contribution in [1.82, 2.24) is 4.98 Å². The number of benzene rings is 1. The standard InChI is InChI=1S/C15H13F2NO2/c1-15(16,17)11-7-8-18-12(9-11)10-14(19)20-13-5-3-2-4-6-13/h2-9H,10H2,1H3. The van der Waals surface area contributed by atoms with Crippen molar-refractivity contribution in [2.24, 2.45) is 0 Å². The van der Waals surface area contributed by atoms with Gasteiger partial charge >= 0.3 is 5.97 Å². The fourth-order valence-electron chi connectivity index (χ4n) is 1.65. The molecule has 104 valence electrons. The topological polar surface area (TPSA) is 39.2 Å². The summed E-state index contributed by atoms with van der Waals surface area (Å²) in [5.74, 6) is -3.09. The molecule has 0 saturated carbocycles. The predicted molar refractivity (Wildman–Crippen MR) is 69.6 cm³/mol. The summed E-state index contributed by atoms with van der Waals surface area (Å²) < 4.78 is 31.4. The number of hydrogen-bond donors (Lipinski definition) is 0. The zero-order valence-electron chi connectivity index (χ0n) is 10.8. The van der Waals surface area contributed by atoms with Gasteiger partial charge in [-0.25, -0.2) is 8.78 Å². The Morgan fingerprint density at radius 3 is 2.60 bits per heavy atom. The molecule has 3 nitrogen and oxygen atoms in total. The zero-order valence-corrected chi connectivity index (χ0v) is 10.8. The van der Waals surface area contributed by atoms with Crippen molar-refractivity contribution in [2.45, 2.75) is 19.3 Å². The van der Waals surface area contributed by atoms with Crippen molar-refractivity contribution >= 4 is 5.97 Å². The molecule has 0 aliphatic rings. The number of pyridine rings is 1. The molecule has 2 aromatic rings. The summed E-state index contributed by atoms with van der Waals surface area (Å²) in [5.41, 5.74) is 0.0833. The fourth-order valence-corrected chi connectivity index (χ4v) is 1.65. The van der Waals surface area contributed by atoms with Gasteiger partial charge in [-0.15, -0.1) is 0 Å². The number of carbonyl (C=O) groups is 1. The highest BCUT2D eigenvalue weighted by Crippen LogP contribution is 2.26. The second-order valence-corrected chi connectivity index (χ2v) is 4.39. The summed E-state index contributed by atoms with van der Waals surface area (Å²) in [6.45, 7) is 0.800. The lowest BCUT2D eigenvalue weighted by atomic mass is 10.1. The molecule has 0 radical (unpaired) electrons. The van der Waals surface area contributed by atoms with Gasteiger partial charge < -0.3 is 4.74 Å². The molecule has 20 heavy (non-hydrogen) atoms. The van der Waals surface area contributed by atoms with Crippen molar-refractivity contribution < 1.29 is 18.3 Å². The van der Waals surface area contributed by atoms with Crippen LogP contribution in [0.2, 0.25) is 0 Å². The first-order valence-electron chi connectivity index (χ1n) is 6.04. The molecule has 0 bridgehead atoms. The largest absolute Gasteiger partial charge is 0.426 e. The van der Waals surface area contributed by atoms with Crippen LogP contribution in [-0.2, 0) is 17.1 Å². The van der Waals surface area contributed by atoms with Crippen molar-refractivity contribution in [3.8, 4) is 5.75 Å². The number of esters is 1. The van der Waals surface area contributed by atoms with Gasteiger partial charge in [0.15, 0.2) is 0 Å². The Hall–Kier alpha value is -2.30. The summed E-state index contributed by atoms with van der Waals surface area (Å²) in [5, 5.41) is 0. The zero-order chi connectivity index (χ0) is 14.6. The molecule has 1 aromatic heterocycles. The number of alkyl halides is 2. The molecule has 0 amide bonds.